The van der Waals surface area contributed by atoms with Crippen molar-refractivity contribution < 1.29 is 14.7 Å². The summed E-state index contributed by atoms with van der Waals surface area (Å²) in [6, 6.07) is 8.07. The van der Waals surface area contributed by atoms with Crippen molar-refractivity contribution in [2.45, 2.75) is 6.92 Å². The molecule has 4 nitrogen and oxygen atoms in total. The molecule has 16 heavy (non-hydrogen) atoms. The van der Waals surface area contributed by atoms with E-state index in [2.05, 4.69) is 4.98 Å². The van der Waals surface area contributed by atoms with Crippen LogP contribution in [0.1, 0.15) is 27.8 Å². The fourth-order valence-corrected chi connectivity index (χ4v) is 1.46. The third kappa shape index (κ3) is 1.77. The lowest BCUT2D eigenvalue weighted by atomic mass is 10.1. The van der Waals surface area contributed by atoms with Crippen LogP contribution in [0.5, 0.6) is 0 Å². The number of carboxylic acids is 1. The van der Waals surface area contributed by atoms with Crippen LogP contribution in [0.4, 0.5) is 0 Å². The fraction of sp³-hybridized carbons (Fsp3) is 0.0833. The summed E-state index contributed by atoms with van der Waals surface area (Å²) in [7, 11) is 0. The van der Waals surface area contributed by atoms with Crippen LogP contribution in [-0.2, 0) is 0 Å². The smallest absolute Gasteiger partial charge is 0.354 e. The average molecular weight is 215 g/mol. The standard InChI is InChI=1S/C12H9NO3/c1-7(14)8-2-4-10-9(6-8)3-5-11(13-10)12(15)16/h2-6H,1H3,(H,15,16). The van der Waals surface area contributed by atoms with Crippen molar-refractivity contribution in [2.75, 3.05) is 0 Å². The molecule has 0 spiro atoms. The van der Waals surface area contributed by atoms with Gasteiger partial charge < -0.3 is 5.11 Å². The van der Waals surface area contributed by atoms with E-state index < -0.39 is 5.97 Å². The monoisotopic (exact) mass is 215 g/mol. The van der Waals surface area contributed by atoms with Crippen molar-refractivity contribution in [1.29, 1.82) is 0 Å². The predicted octanol–water partition coefficient (Wildman–Crippen LogP) is 2.14. The van der Waals surface area contributed by atoms with E-state index in [-0.39, 0.29) is 11.5 Å². The third-order valence-electron chi connectivity index (χ3n) is 2.31. The van der Waals surface area contributed by atoms with Gasteiger partial charge in [-0.1, -0.05) is 6.07 Å². The van der Waals surface area contributed by atoms with Gasteiger partial charge in [0.05, 0.1) is 5.52 Å². The molecule has 4 heteroatoms. The summed E-state index contributed by atoms with van der Waals surface area (Å²) in [5.74, 6) is -1.08. The Morgan fingerprint density at radius 2 is 1.94 bits per heavy atom. The summed E-state index contributed by atoms with van der Waals surface area (Å²) >= 11 is 0. The lowest BCUT2D eigenvalue weighted by molar-refractivity contribution is 0.0690. The second-order valence-electron chi connectivity index (χ2n) is 3.47. The summed E-state index contributed by atoms with van der Waals surface area (Å²) in [5.41, 5.74) is 1.17. The van der Waals surface area contributed by atoms with E-state index in [0.717, 1.165) is 5.39 Å². The summed E-state index contributed by atoms with van der Waals surface area (Å²) in [5, 5.41) is 9.53. The molecule has 0 unspecified atom stereocenters. The molecule has 0 atom stereocenters. The highest BCUT2D eigenvalue weighted by atomic mass is 16.4. The van der Waals surface area contributed by atoms with Crippen LogP contribution in [-0.4, -0.2) is 21.8 Å². The molecule has 0 saturated heterocycles. The number of rotatable bonds is 2. The number of aromatic nitrogens is 1. The van der Waals surface area contributed by atoms with Gasteiger partial charge in [0.2, 0.25) is 0 Å². The number of carbonyl (C=O) groups is 2. The van der Waals surface area contributed by atoms with Gasteiger partial charge in [-0.25, -0.2) is 9.78 Å². The Bertz CT molecular complexity index is 537. The minimum absolute atomic E-state index is 0.00285. The van der Waals surface area contributed by atoms with Crippen LogP contribution in [0.25, 0.3) is 10.9 Å². The third-order valence-corrected chi connectivity index (χ3v) is 2.31. The number of aromatic carboxylic acids is 1. The normalized spacial score (nSPS) is 10.3. The van der Waals surface area contributed by atoms with E-state index >= 15 is 0 Å². The Kier molecular flexibility index (Phi) is 2.40. The van der Waals surface area contributed by atoms with Gasteiger partial charge in [-0.05, 0) is 31.2 Å². The number of carboxylic acid groups (broad SMARTS) is 1. The summed E-state index contributed by atoms with van der Waals surface area (Å²) in [4.78, 5) is 25.8. The number of nitrogens with zero attached hydrogens (tertiary/aromatic N) is 1. The fourth-order valence-electron chi connectivity index (χ4n) is 1.46. The molecule has 0 amide bonds. The largest absolute Gasteiger partial charge is 0.477 e. The Hall–Kier alpha value is -2.23. The van der Waals surface area contributed by atoms with Crippen LogP contribution >= 0.6 is 0 Å². The van der Waals surface area contributed by atoms with Gasteiger partial charge in [-0.3, -0.25) is 4.79 Å². The van der Waals surface area contributed by atoms with Crippen molar-refractivity contribution in [3.05, 3.63) is 41.6 Å². The van der Waals surface area contributed by atoms with Crippen molar-refractivity contribution in [1.82, 2.24) is 4.98 Å². The Morgan fingerprint density at radius 3 is 2.56 bits per heavy atom. The molecule has 0 radical (unpaired) electrons. The van der Waals surface area contributed by atoms with Crippen LogP contribution in [0, 0.1) is 0 Å². The first-order valence-corrected chi connectivity index (χ1v) is 4.73. The maximum Gasteiger partial charge on any atom is 0.354 e. The SMILES string of the molecule is CC(=O)c1ccc2nc(C(=O)O)ccc2c1. The molecule has 0 aliphatic heterocycles. The van der Waals surface area contributed by atoms with Gasteiger partial charge in [0.15, 0.2) is 5.78 Å². The molecule has 1 aromatic carbocycles. The summed E-state index contributed by atoms with van der Waals surface area (Å²) < 4.78 is 0. The number of pyridine rings is 1. The van der Waals surface area contributed by atoms with Gasteiger partial charge in [0, 0.05) is 10.9 Å². The highest BCUT2D eigenvalue weighted by Gasteiger charge is 2.06. The zero-order valence-electron chi connectivity index (χ0n) is 8.60. The quantitative estimate of drug-likeness (QED) is 0.779. The minimum Gasteiger partial charge on any atom is -0.477 e. The second-order valence-corrected chi connectivity index (χ2v) is 3.47. The Morgan fingerprint density at radius 1 is 1.19 bits per heavy atom. The maximum atomic E-state index is 11.1. The zero-order chi connectivity index (χ0) is 11.7. The first-order chi connectivity index (χ1) is 7.58. The van der Waals surface area contributed by atoms with Crippen molar-refractivity contribution in [3.8, 4) is 0 Å². The summed E-state index contributed by atoms with van der Waals surface area (Å²) in [6.07, 6.45) is 0. The molecule has 2 rings (SSSR count). The first kappa shape index (κ1) is 10.3. The highest BCUT2D eigenvalue weighted by Crippen LogP contribution is 2.15. The van der Waals surface area contributed by atoms with E-state index in [9.17, 15) is 9.59 Å². The predicted molar refractivity (Wildman–Crippen MR) is 58.7 cm³/mol. The number of hydrogen-bond acceptors (Lipinski definition) is 3. The van der Waals surface area contributed by atoms with Crippen molar-refractivity contribution in [2.24, 2.45) is 0 Å². The van der Waals surface area contributed by atoms with Gasteiger partial charge in [0.1, 0.15) is 5.69 Å². The molecular formula is C12H9NO3. The molecule has 1 N–H and O–H groups in total. The first-order valence-electron chi connectivity index (χ1n) is 4.73. The molecule has 0 aliphatic rings. The molecule has 0 fully saturated rings. The number of fused-ring (bicyclic) bond motifs is 1. The second kappa shape index (κ2) is 3.73. The molecule has 80 valence electrons. The highest BCUT2D eigenvalue weighted by molar-refractivity contribution is 5.98. The molecule has 2 aromatic rings. The lowest BCUT2D eigenvalue weighted by Gasteiger charge is -2.01. The number of benzene rings is 1. The number of hydrogen-bond donors (Lipinski definition) is 1. The Labute approximate surface area is 91.5 Å². The van der Waals surface area contributed by atoms with Gasteiger partial charge in [-0.2, -0.15) is 0 Å². The molecule has 0 saturated carbocycles. The van der Waals surface area contributed by atoms with E-state index in [1.165, 1.54) is 13.0 Å². The van der Waals surface area contributed by atoms with Crippen molar-refractivity contribution in [3.63, 3.8) is 0 Å². The van der Waals surface area contributed by atoms with Gasteiger partial charge in [-0.15, -0.1) is 0 Å². The molecule has 0 aliphatic carbocycles. The van der Waals surface area contributed by atoms with Gasteiger partial charge >= 0.3 is 5.97 Å². The maximum absolute atomic E-state index is 11.1. The number of carbonyl (C=O) groups excluding carboxylic acids is 1. The van der Waals surface area contributed by atoms with E-state index in [0.29, 0.717) is 11.1 Å². The molecule has 1 aromatic heterocycles. The van der Waals surface area contributed by atoms with Crippen molar-refractivity contribution >= 4 is 22.7 Å². The Balaban J connectivity index is 2.61. The molecular weight excluding hydrogens is 206 g/mol. The van der Waals surface area contributed by atoms with E-state index in [4.69, 9.17) is 5.11 Å². The van der Waals surface area contributed by atoms with E-state index in [1.807, 2.05) is 0 Å². The van der Waals surface area contributed by atoms with Crippen LogP contribution in [0.2, 0.25) is 0 Å². The summed E-state index contributed by atoms with van der Waals surface area (Å²) in [6.45, 7) is 1.49. The zero-order valence-corrected chi connectivity index (χ0v) is 8.60. The van der Waals surface area contributed by atoms with Gasteiger partial charge in [0.25, 0.3) is 0 Å². The molecule has 1 heterocycles. The minimum atomic E-state index is -1.06. The lowest BCUT2D eigenvalue weighted by Crippen LogP contribution is -2.00. The number of ketones is 1. The molecule has 0 bridgehead atoms. The van der Waals surface area contributed by atoms with Crippen LogP contribution in [0.3, 0.4) is 0 Å². The van der Waals surface area contributed by atoms with Crippen LogP contribution in [0.15, 0.2) is 30.3 Å². The topological polar surface area (TPSA) is 67.3 Å². The van der Waals surface area contributed by atoms with Crippen LogP contribution < -0.4 is 0 Å². The number of Topliss-reactive ketones (excluding diaryl/α,β-unsaturated/α-hetero) is 1. The average Bonchev–Trinajstić information content (AvgIpc) is 2.27. The van der Waals surface area contributed by atoms with E-state index in [1.54, 1.807) is 24.3 Å².